The van der Waals surface area contributed by atoms with E-state index in [4.69, 9.17) is 5.73 Å². The molecular weight excluding hydrogens is 585 g/mol. The monoisotopic (exact) mass is 613 g/mol. The van der Waals surface area contributed by atoms with E-state index in [-0.39, 0.29) is 17.7 Å². The number of aromatic amines is 1. The van der Waals surface area contributed by atoms with Crippen LogP contribution < -0.4 is 21.7 Å². The number of aromatic nitrogens is 1. The van der Waals surface area contributed by atoms with Gasteiger partial charge in [-0.2, -0.15) is 0 Å². The Hall–Kier alpha value is -6.29. The maximum atomic E-state index is 13.4. The molecule has 9 nitrogen and oxygen atoms in total. The third-order valence-electron chi connectivity index (χ3n) is 7.72. The van der Waals surface area contributed by atoms with Crippen LogP contribution in [0.4, 0.5) is 21.5 Å². The van der Waals surface area contributed by atoms with Crippen molar-refractivity contribution in [2.45, 2.75) is 13.8 Å². The molecule has 228 valence electrons. The van der Waals surface area contributed by atoms with E-state index in [0.29, 0.717) is 44.8 Å². The van der Waals surface area contributed by atoms with Gasteiger partial charge in [0.1, 0.15) is 5.82 Å². The third-order valence-corrected chi connectivity index (χ3v) is 7.72. The lowest BCUT2D eigenvalue weighted by molar-refractivity contribution is -0.114. The van der Waals surface area contributed by atoms with Gasteiger partial charge in [-0.25, -0.2) is 4.39 Å². The molecule has 46 heavy (non-hydrogen) atoms. The van der Waals surface area contributed by atoms with Crippen molar-refractivity contribution in [2.75, 3.05) is 16.0 Å². The number of fused-ring (bicyclic) bond motifs is 3. The Morgan fingerprint density at radius 3 is 2.04 bits per heavy atom. The molecule has 10 heteroatoms. The number of primary amides is 1. The van der Waals surface area contributed by atoms with E-state index < -0.39 is 11.7 Å². The van der Waals surface area contributed by atoms with Crippen molar-refractivity contribution in [3.8, 4) is 11.1 Å². The van der Waals surface area contributed by atoms with Gasteiger partial charge in [0.2, 0.25) is 5.91 Å². The van der Waals surface area contributed by atoms with Crippen molar-refractivity contribution < 1.29 is 23.6 Å². The number of carbonyl (C=O) groups excluding carboxylic acids is 4. The number of anilines is 3. The highest BCUT2D eigenvalue weighted by atomic mass is 19.1. The summed E-state index contributed by atoms with van der Waals surface area (Å²) in [5.74, 6) is -1.95. The lowest BCUT2D eigenvalue weighted by atomic mass is 9.93. The maximum absolute atomic E-state index is 13.4. The fourth-order valence-electron chi connectivity index (χ4n) is 5.49. The Balaban J connectivity index is 1.37. The molecule has 0 aliphatic rings. The Morgan fingerprint density at radius 2 is 1.37 bits per heavy atom. The van der Waals surface area contributed by atoms with Crippen LogP contribution in [0.3, 0.4) is 0 Å². The molecule has 1 aromatic heterocycles. The van der Waals surface area contributed by atoms with Crippen molar-refractivity contribution >= 4 is 62.5 Å². The molecule has 0 bridgehead atoms. The number of hydrogen-bond acceptors (Lipinski definition) is 4. The van der Waals surface area contributed by atoms with Crippen LogP contribution in [-0.4, -0.2) is 28.6 Å². The summed E-state index contributed by atoms with van der Waals surface area (Å²) in [7, 11) is 0. The fourth-order valence-corrected chi connectivity index (χ4v) is 5.49. The van der Waals surface area contributed by atoms with E-state index in [2.05, 4.69) is 20.9 Å². The van der Waals surface area contributed by atoms with Gasteiger partial charge in [0.05, 0.1) is 11.1 Å². The largest absolute Gasteiger partial charge is 0.366 e. The first-order valence-corrected chi connectivity index (χ1v) is 14.3. The smallest absolute Gasteiger partial charge is 0.255 e. The summed E-state index contributed by atoms with van der Waals surface area (Å²) < 4.78 is 13.4. The highest BCUT2D eigenvalue weighted by Gasteiger charge is 2.19. The topological polar surface area (TPSA) is 146 Å². The minimum absolute atomic E-state index is 0.206. The minimum atomic E-state index is -0.601. The number of nitrogens with one attached hydrogen (secondary N) is 4. The summed E-state index contributed by atoms with van der Waals surface area (Å²) in [5.41, 5.74) is 12.1. The summed E-state index contributed by atoms with van der Waals surface area (Å²) in [6, 6.07) is 26.2. The maximum Gasteiger partial charge on any atom is 0.255 e. The van der Waals surface area contributed by atoms with E-state index in [1.54, 1.807) is 48.5 Å². The third kappa shape index (κ3) is 5.79. The molecular formula is C36H28FN5O4. The van der Waals surface area contributed by atoms with Gasteiger partial charge in [-0.05, 0) is 96.4 Å². The summed E-state index contributed by atoms with van der Waals surface area (Å²) in [6.45, 7) is 3.29. The summed E-state index contributed by atoms with van der Waals surface area (Å²) in [4.78, 5) is 52.9. The Kier molecular flexibility index (Phi) is 7.77. The normalized spacial score (nSPS) is 10.9. The fraction of sp³-hybridized carbons (Fsp3) is 0.0556. The summed E-state index contributed by atoms with van der Waals surface area (Å²) in [6.07, 6.45) is 0. The van der Waals surface area contributed by atoms with Crippen molar-refractivity contribution in [3.05, 3.63) is 125 Å². The van der Waals surface area contributed by atoms with Crippen LogP contribution >= 0.6 is 0 Å². The standard InChI is InChI=1S/C36H28FN5O4/c1-19-26(4-3-5-30(19)42-36(46)21-6-10-23(37)11-7-21)27-16-17-29(34(38)44)33-32(27)28-15-14-25(18-31(28)41-33)40-35(45)22-8-12-24(13-9-22)39-20(2)43/h3-18,41H,1-2H3,(H2,38,44)(H,39,43)(H,40,45)(H,42,46). The second-order valence-corrected chi connectivity index (χ2v) is 10.8. The average molecular weight is 614 g/mol. The molecule has 4 amide bonds. The number of amides is 4. The van der Waals surface area contributed by atoms with Gasteiger partial charge in [0, 0.05) is 51.4 Å². The zero-order chi connectivity index (χ0) is 32.5. The molecule has 0 aliphatic carbocycles. The van der Waals surface area contributed by atoms with Crippen LogP contribution in [0.1, 0.15) is 43.6 Å². The Labute approximate surface area is 262 Å². The second kappa shape index (κ2) is 12.0. The number of benzene rings is 5. The first-order chi connectivity index (χ1) is 22.1. The predicted octanol–water partition coefficient (Wildman–Crippen LogP) is 7.00. The lowest BCUT2D eigenvalue weighted by Crippen LogP contribution is -2.13. The predicted molar refractivity (Wildman–Crippen MR) is 178 cm³/mol. The molecule has 6 rings (SSSR count). The van der Waals surface area contributed by atoms with Gasteiger partial charge in [-0.15, -0.1) is 0 Å². The van der Waals surface area contributed by atoms with Crippen molar-refractivity contribution in [2.24, 2.45) is 5.73 Å². The van der Waals surface area contributed by atoms with Crippen LogP contribution in [0.5, 0.6) is 0 Å². The number of H-pyrrole nitrogens is 1. The summed E-state index contributed by atoms with van der Waals surface area (Å²) >= 11 is 0. The first kappa shape index (κ1) is 29.8. The van der Waals surface area contributed by atoms with Crippen LogP contribution in [0, 0.1) is 12.7 Å². The van der Waals surface area contributed by atoms with E-state index in [1.807, 2.05) is 31.2 Å². The van der Waals surface area contributed by atoms with E-state index in [9.17, 15) is 23.6 Å². The average Bonchev–Trinajstić information content (AvgIpc) is 3.41. The molecule has 0 saturated carbocycles. The van der Waals surface area contributed by atoms with Crippen molar-refractivity contribution in [1.82, 2.24) is 4.98 Å². The molecule has 6 aromatic rings. The SMILES string of the molecule is CC(=O)Nc1ccc(C(=O)Nc2ccc3c(c2)[nH]c2c(C(N)=O)ccc(-c4cccc(NC(=O)c5ccc(F)cc5)c4C)c23)cc1. The van der Waals surface area contributed by atoms with Gasteiger partial charge < -0.3 is 26.7 Å². The molecule has 6 N–H and O–H groups in total. The van der Waals surface area contributed by atoms with E-state index in [0.717, 1.165) is 27.5 Å². The zero-order valence-corrected chi connectivity index (χ0v) is 24.8. The van der Waals surface area contributed by atoms with E-state index in [1.165, 1.54) is 31.2 Å². The number of halogens is 1. The number of nitrogens with two attached hydrogens (primary N) is 1. The quantitative estimate of drug-likeness (QED) is 0.132. The molecule has 0 saturated heterocycles. The molecule has 0 aliphatic heterocycles. The summed E-state index contributed by atoms with van der Waals surface area (Å²) in [5, 5.41) is 10.0. The van der Waals surface area contributed by atoms with Gasteiger partial charge in [0.15, 0.2) is 0 Å². The van der Waals surface area contributed by atoms with Gasteiger partial charge in [-0.3, -0.25) is 19.2 Å². The number of carbonyl (C=O) groups is 4. The number of rotatable bonds is 7. The van der Waals surface area contributed by atoms with Crippen LogP contribution in [-0.2, 0) is 4.79 Å². The number of hydrogen-bond donors (Lipinski definition) is 5. The van der Waals surface area contributed by atoms with Crippen molar-refractivity contribution in [3.63, 3.8) is 0 Å². The van der Waals surface area contributed by atoms with E-state index >= 15 is 0 Å². The highest BCUT2D eigenvalue weighted by Crippen LogP contribution is 2.39. The molecule has 0 spiro atoms. The van der Waals surface area contributed by atoms with Gasteiger partial charge in [0.25, 0.3) is 17.7 Å². The Morgan fingerprint density at radius 1 is 0.717 bits per heavy atom. The molecule has 0 radical (unpaired) electrons. The van der Waals surface area contributed by atoms with Crippen LogP contribution in [0.2, 0.25) is 0 Å². The minimum Gasteiger partial charge on any atom is -0.366 e. The first-order valence-electron chi connectivity index (χ1n) is 14.3. The van der Waals surface area contributed by atoms with Gasteiger partial charge in [-0.1, -0.05) is 24.3 Å². The van der Waals surface area contributed by atoms with Gasteiger partial charge >= 0.3 is 0 Å². The van der Waals surface area contributed by atoms with Crippen LogP contribution in [0.15, 0.2) is 97.1 Å². The van der Waals surface area contributed by atoms with Crippen LogP contribution in [0.25, 0.3) is 32.9 Å². The highest BCUT2D eigenvalue weighted by molar-refractivity contribution is 6.21. The molecule has 0 fully saturated rings. The molecule has 0 atom stereocenters. The molecule has 0 unspecified atom stereocenters. The van der Waals surface area contributed by atoms with Crippen molar-refractivity contribution in [1.29, 1.82) is 0 Å². The lowest BCUT2D eigenvalue weighted by Gasteiger charge is -2.15. The zero-order valence-electron chi connectivity index (χ0n) is 24.8. The molecule has 5 aromatic carbocycles. The molecule has 1 heterocycles. The Bertz CT molecular complexity index is 2190. The second-order valence-electron chi connectivity index (χ2n) is 10.8.